The monoisotopic (exact) mass is 429 g/mol. The number of sulfonamides is 1. The predicted octanol–water partition coefficient (Wildman–Crippen LogP) is 2.85. The fourth-order valence-electron chi connectivity index (χ4n) is 3.54. The lowest BCUT2D eigenvalue weighted by Gasteiger charge is -2.33. The van der Waals surface area contributed by atoms with Crippen LogP contribution >= 0.6 is 0 Å². The fourth-order valence-corrected chi connectivity index (χ4v) is 5.22. The lowest BCUT2D eigenvalue weighted by Crippen LogP contribution is -2.49. The van der Waals surface area contributed by atoms with Crippen LogP contribution in [-0.4, -0.2) is 49.1 Å². The van der Waals surface area contributed by atoms with Gasteiger partial charge in [-0.15, -0.1) is 0 Å². The molecule has 30 heavy (non-hydrogen) atoms. The molecule has 2 amide bonds. The van der Waals surface area contributed by atoms with Crippen molar-refractivity contribution < 1.29 is 18.0 Å². The summed E-state index contributed by atoms with van der Waals surface area (Å²) in [4.78, 5) is 26.2. The van der Waals surface area contributed by atoms with E-state index in [1.807, 2.05) is 6.07 Å². The first-order valence-electron chi connectivity index (χ1n) is 9.97. The molecule has 1 fully saturated rings. The van der Waals surface area contributed by atoms with Crippen molar-refractivity contribution in [2.45, 2.75) is 43.7 Å². The summed E-state index contributed by atoms with van der Waals surface area (Å²) < 4.78 is 27.5. The number of carbonyl (C=O) groups excluding carboxylic acids is 2. The third kappa shape index (κ3) is 5.06. The number of benzene rings is 2. The van der Waals surface area contributed by atoms with E-state index in [0.717, 1.165) is 18.4 Å². The first kappa shape index (κ1) is 22.0. The van der Waals surface area contributed by atoms with E-state index in [1.54, 1.807) is 60.5 Å². The Morgan fingerprint density at radius 2 is 1.83 bits per heavy atom. The topological polar surface area (TPSA) is 86.8 Å². The van der Waals surface area contributed by atoms with Gasteiger partial charge in [-0.25, -0.2) is 8.42 Å². The van der Waals surface area contributed by atoms with Crippen molar-refractivity contribution in [2.24, 2.45) is 0 Å². The molecule has 8 heteroatoms. The van der Waals surface area contributed by atoms with Gasteiger partial charge in [-0.05, 0) is 42.7 Å². The molecule has 160 valence electrons. The molecule has 1 aliphatic heterocycles. The van der Waals surface area contributed by atoms with Crippen molar-refractivity contribution in [1.29, 1.82) is 0 Å². The lowest BCUT2D eigenvalue weighted by atomic mass is 10.0. The normalized spacial score (nSPS) is 17.3. The van der Waals surface area contributed by atoms with Gasteiger partial charge in [-0.2, -0.15) is 4.31 Å². The average Bonchev–Trinajstić information content (AvgIpc) is 2.74. The van der Waals surface area contributed by atoms with Gasteiger partial charge in [0.15, 0.2) is 0 Å². The zero-order valence-corrected chi connectivity index (χ0v) is 18.1. The van der Waals surface area contributed by atoms with Gasteiger partial charge in [0.05, 0.1) is 4.90 Å². The van der Waals surface area contributed by atoms with Gasteiger partial charge in [0.1, 0.15) is 6.04 Å². The number of anilines is 1. The smallest absolute Gasteiger partial charge is 0.243 e. The maximum absolute atomic E-state index is 13.1. The molecule has 1 saturated heterocycles. The molecule has 0 aromatic heterocycles. The molecule has 0 aliphatic carbocycles. The summed E-state index contributed by atoms with van der Waals surface area (Å²) in [7, 11) is -2.04. The highest BCUT2D eigenvalue weighted by Gasteiger charge is 2.37. The fraction of sp³-hybridized carbons (Fsp3) is 0.364. The molecular formula is C22H27N3O4S. The summed E-state index contributed by atoms with van der Waals surface area (Å²) in [6.45, 7) is 2.24. The number of carbonyl (C=O) groups is 2. The van der Waals surface area contributed by atoms with Gasteiger partial charge in [0, 0.05) is 32.7 Å². The molecule has 7 nitrogen and oxygen atoms in total. The average molecular weight is 430 g/mol. The molecule has 0 saturated carbocycles. The minimum Gasteiger partial charge on any atom is -0.342 e. The molecule has 1 heterocycles. The Kier molecular flexibility index (Phi) is 6.89. The summed E-state index contributed by atoms with van der Waals surface area (Å²) in [5, 5.41) is 2.86. The second-order valence-electron chi connectivity index (χ2n) is 7.51. The molecule has 0 radical (unpaired) electrons. The molecule has 1 atom stereocenters. The SMILES string of the molecule is CC(=O)N(C)Cc1cccc(NC(=O)C2CCCCN2S(=O)(=O)c2ccccc2)c1. The number of piperidine rings is 1. The number of amides is 2. The molecule has 2 aromatic rings. The van der Waals surface area contributed by atoms with E-state index in [9.17, 15) is 18.0 Å². The second-order valence-corrected chi connectivity index (χ2v) is 9.40. The van der Waals surface area contributed by atoms with Gasteiger partial charge in [0.2, 0.25) is 21.8 Å². The van der Waals surface area contributed by atoms with E-state index in [1.165, 1.54) is 11.2 Å². The van der Waals surface area contributed by atoms with Gasteiger partial charge in [-0.3, -0.25) is 9.59 Å². The second kappa shape index (κ2) is 9.40. The molecule has 1 N–H and O–H groups in total. The van der Waals surface area contributed by atoms with E-state index < -0.39 is 16.1 Å². The molecule has 0 bridgehead atoms. The number of nitrogens with one attached hydrogen (secondary N) is 1. The molecular weight excluding hydrogens is 402 g/mol. The van der Waals surface area contributed by atoms with Crippen LogP contribution in [0.3, 0.4) is 0 Å². The van der Waals surface area contributed by atoms with Gasteiger partial charge in [0.25, 0.3) is 0 Å². The highest BCUT2D eigenvalue weighted by atomic mass is 32.2. The highest BCUT2D eigenvalue weighted by Crippen LogP contribution is 2.26. The summed E-state index contributed by atoms with van der Waals surface area (Å²) >= 11 is 0. The van der Waals surface area contributed by atoms with Crippen molar-refractivity contribution in [3.63, 3.8) is 0 Å². The largest absolute Gasteiger partial charge is 0.342 e. The molecule has 1 aliphatic rings. The van der Waals surface area contributed by atoms with Crippen LogP contribution in [0.2, 0.25) is 0 Å². The maximum Gasteiger partial charge on any atom is 0.243 e. The van der Waals surface area contributed by atoms with Crippen LogP contribution in [0, 0.1) is 0 Å². The van der Waals surface area contributed by atoms with Crippen LogP contribution in [-0.2, 0) is 26.2 Å². The predicted molar refractivity (Wildman–Crippen MR) is 115 cm³/mol. The number of nitrogens with zero attached hydrogens (tertiary/aromatic N) is 2. The minimum absolute atomic E-state index is 0.0478. The zero-order chi connectivity index (χ0) is 21.7. The van der Waals surface area contributed by atoms with Gasteiger partial charge < -0.3 is 10.2 Å². The molecule has 1 unspecified atom stereocenters. The number of hydrogen-bond donors (Lipinski definition) is 1. The zero-order valence-electron chi connectivity index (χ0n) is 17.2. The van der Waals surface area contributed by atoms with Crippen LogP contribution in [0.4, 0.5) is 5.69 Å². The third-order valence-electron chi connectivity index (χ3n) is 5.26. The Bertz CT molecular complexity index is 1010. The Balaban J connectivity index is 1.77. The van der Waals surface area contributed by atoms with Crippen LogP contribution in [0.5, 0.6) is 0 Å². The van der Waals surface area contributed by atoms with Crippen LogP contribution in [0.25, 0.3) is 0 Å². The van der Waals surface area contributed by atoms with Gasteiger partial charge in [-0.1, -0.05) is 36.8 Å². The Morgan fingerprint density at radius 3 is 2.53 bits per heavy atom. The van der Waals surface area contributed by atoms with Crippen molar-refractivity contribution in [3.8, 4) is 0 Å². The number of hydrogen-bond acceptors (Lipinski definition) is 4. The van der Waals surface area contributed by atoms with Crippen molar-refractivity contribution >= 4 is 27.5 Å². The van der Waals surface area contributed by atoms with E-state index in [4.69, 9.17) is 0 Å². The first-order valence-corrected chi connectivity index (χ1v) is 11.4. The van der Waals surface area contributed by atoms with Crippen LogP contribution in [0.15, 0.2) is 59.5 Å². The molecule has 2 aromatic carbocycles. The minimum atomic E-state index is -3.75. The molecule has 0 spiro atoms. The summed E-state index contributed by atoms with van der Waals surface area (Å²) in [6, 6.07) is 14.7. The molecule has 3 rings (SSSR count). The van der Waals surface area contributed by atoms with Crippen molar-refractivity contribution in [2.75, 3.05) is 18.9 Å². The van der Waals surface area contributed by atoms with E-state index in [-0.39, 0.29) is 16.7 Å². The van der Waals surface area contributed by atoms with E-state index in [2.05, 4.69) is 5.32 Å². The van der Waals surface area contributed by atoms with E-state index >= 15 is 0 Å². The van der Waals surface area contributed by atoms with E-state index in [0.29, 0.717) is 25.2 Å². The van der Waals surface area contributed by atoms with Crippen molar-refractivity contribution in [1.82, 2.24) is 9.21 Å². The van der Waals surface area contributed by atoms with Crippen LogP contribution < -0.4 is 5.32 Å². The standard InChI is InChI=1S/C22H27N3O4S/c1-17(26)24(2)16-18-9-8-10-19(15-18)23-22(27)21-13-6-7-14-25(21)30(28,29)20-11-4-3-5-12-20/h3-5,8-12,15,21H,6-7,13-14,16H2,1-2H3,(H,23,27). The maximum atomic E-state index is 13.1. The summed E-state index contributed by atoms with van der Waals surface area (Å²) in [6.07, 6.45) is 2.00. The quantitative estimate of drug-likeness (QED) is 0.765. The van der Waals surface area contributed by atoms with Crippen LogP contribution in [0.1, 0.15) is 31.7 Å². The lowest BCUT2D eigenvalue weighted by molar-refractivity contribution is -0.128. The summed E-state index contributed by atoms with van der Waals surface area (Å²) in [5.41, 5.74) is 1.46. The third-order valence-corrected chi connectivity index (χ3v) is 7.18. The van der Waals surface area contributed by atoms with Gasteiger partial charge >= 0.3 is 0 Å². The Hall–Kier alpha value is -2.71. The Labute approximate surface area is 177 Å². The Morgan fingerprint density at radius 1 is 1.10 bits per heavy atom. The highest BCUT2D eigenvalue weighted by molar-refractivity contribution is 7.89. The van der Waals surface area contributed by atoms with Crippen molar-refractivity contribution in [3.05, 3.63) is 60.2 Å². The first-order chi connectivity index (χ1) is 14.3. The summed E-state index contributed by atoms with van der Waals surface area (Å²) in [5.74, 6) is -0.389. The number of rotatable bonds is 6.